The van der Waals surface area contributed by atoms with Gasteiger partial charge in [0.1, 0.15) is 11.6 Å². The molecular formula is C12H10BrFN2O. The lowest BCUT2D eigenvalue weighted by atomic mass is 10.3. The van der Waals surface area contributed by atoms with Crippen LogP contribution in [0.1, 0.15) is 11.4 Å². The highest BCUT2D eigenvalue weighted by atomic mass is 79.9. The van der Waals surface area contributed by atoms with Crippen LogP contribution >= 0.6 is 15.9 Å². The zero-order chi connectivity index (χ0) is 12.4. The number of ether oxygens (including phenoxy) is 1. The fourth-order valence-electron chi connectivity index (χ4n) is 1.23. The van der Waals surface area contributed by atoms with Gasteiger partial charge in [0, 0.05) is 6.07 Å². The summed E-state index contributed by atoms with van der Waals surface area (Å²) in [5.74, 6) is 0.373. The molecule has 17 heavy (non-hydrogen) atoms. The fraction of sp³-hybridized carbons (Fsp3) is 0.167. The van der Waals surface area contributed by atoms with Gasteiger partial charge in [0.25, 0.3) is 0 Å². The van der Waals surface area contributed by atoms with Crippen LogP contribution in [0.25, 0.3) is 0 Å². The minimum Gasteiger partial charge on any atom is -0.437 e. The quantitative estimate of drug-likeness (QED) is 0.846. The van der Waals surface area contributed by atoms with Gasteiger partial charge in [-0.2, -0.15) is 0 Å². The van der Waals surface area contributed by atoms with Gasteiger partial charge >= 0.3 is 0 Å². The van der Waals surface area contributed by atoms with Crippen LogP contribution in [-0.4, -0.2) is 9.97 Å². The van der Waals surface area contributed by atoms with E-state index < -0.39 is 0 Å². The zero-order valence-electron chi connectivity index (χ0n) is 9.37. The van der Waals surface area contributed by atoms with Gasteiger partial charge in [-0.15, -0.1) is 0 Å². The molecular weight excluding hydrogens is 287 g/mol. The third-order valence-electron chi connectivity index (χ3n) is 2.28. The Kier molecular flexibility index (Phi) is 3.38. The van der Waals surface area contributed by atoms with Crippen molar-refractivity contribution < 1.29 is 9.13 Å². The first-order valence-electron chi connectivity index (χ1n) is 4.99. The standard InChI is InChI=1S/C12H10BrFN2O/c1-7-8(2)16-12(6-15-7)17-9-3-4-10(13)11(14)5-9/h3-6H,1-2H3. The Morgan fingerprint density at radius 3 is 2.65 bits per heavy atom. The summed E-state index contributed by atoms with van der Waals surface area (Å²) in [6.07, 6.45) is 1.52. The molecule has 0 aliphatic rings. The van der Waals surface area contributed by atoms with E-state index >= 15 is 0 Å². The monoisotopic (exact) mass is 296 g/mol. The van der Waals surface area contributed by atoms with Crippen molar-refractivity contribution in [3.63, 3.8) is 0 Å². The molecule has 0 saturated carbocycles. The molecule has 5 heteroatoms. The van der Waals surface area contributed by atoms with E-state index in [1.54, 1.807) is 12.1 Å². The Morgan fingerprint density at radius 1 is 1.24 bits per heavy atom. The lowest BCUT2D eigenvalue weighted by Crippen LogP contribution is -1.95. The molecule has 0 N–H and O–H groups in total. The van der Waals surface area contributed by atoms with Crippen LogP contribution in [0, 0.1) is 19.7 Å². The van der Waals surface area contributed by atoms with Crippen molar-refractivity contribution in [2.24, 2.45) is 0 Å². The Hall–Kier alpha value is -1.49. The lowest BCUT2D eigenvalue weighted by Gasteiger charge is -2.06. The maximum atomic E-state index is 13.3. The second kappa shape index (κ2) is 4.79. The van der Waals surface area contributed by atoms with Gasteiger partial charge in [-0.1, -0.05) is 0 Å². The van der Waals surface area contributed by atoms with Gasteiger partial charge in [-0.05, 0) is 41.9 Å². The maximum absolute atomic E-state index is 13.3. The molecule has 1 aromatic carbocycles. The molecule has 3 nitrogen and oxygen atoms in total. The normalized spacial score (nSPS) is 10.4. The second-order valence-corrected chi connectivity index (χ2v) is 4.41. The molecule has 0 saturated heterocycles. The summed E-state index contributed by atoms with van der Waals surface area (Å²) in [6.45, 7) is 3.71. The smallest absolute Gasteiger partial charge is 0.238 e. The van der Waals surface area contributed by atoms with E-state index in [-0.39, 0.29) is 5.82 Å². The van der Waals surface area contributed by atoms with E-state index in [0.29, 0.717) is 16.1 Å². The molecule has 88 valence electrons. The minimum atomic E-state index is -0.376. The first kappa shape index (κ1) is 12.0. The van der Waals surface area contributed by atoms with E-state index in [1.165, 1.54) is 12.3 Å². The van der Waals surface area contributed by atoms with Gasteiger partial charge < -0.3 is 4.74 Å². The van der Waals surface area contributed by atoms with Crippen LogP contribution < -0.4 is 4.74 Å². The van der Waals surface area contributed by atoms with E-state index in [2.05, 4.69) is 25.9 Å². The number of hydrogen-bond donors (Lipinski definition) is 0. The van der Waals surface area contributed by atoms with Crippen molar-refractivity contribution in [1.29, 1.82) is 0 Å². The number of nitrogens with zero attached hydrogens (tertiary/aromatic N) is 2. The molecule has 0 bridgehead atoms. The van der Waals surface area contributed by atoms with Gasteiger partial charge in [-0.25, -0.2) is 9.37 Å². The topological polar surface area (TPSA) is 35.0 Å². The number of aryl methyl sites for hydroxylation is 2. The van der Waals surface area contributed by atoms with E-state index in [1.807, 2.05) is 13.8 Å². The van der Waals surface area contributed by atoms with E-state index in [0.717, 1.165) is 11.4 Å². The van der Waals surface area contributed by atoms with Crippen molar-refractivity contribution in [2.75, 3.05) is 0 Å². The Morgan fingerprint density at radius 2 is 2.00 bits per heavy atom. The number of rotatable bonds is 2. The summed E-state index contributed by atoms with van der Waals surface area (Å²) in [5, 5.41) is 0. The number of halogens is 2. The molecule has 0 aliphatic carbocycles. The minimum absolute atomic E-state index is 0.356. The molecule has 0 fully saturated rings. The highest BCUT2D eigenvalue weighted by Gasteiger charge is 2.05. The molecule has 0 amide bonds. The Bertz CT molecular complexity index is 511. The summed E-state index contributed by atoms with van der Waals surface area (Å²) < 4.78 is 19.1. The molecule has 2 rings (SSSR count). The van der Waals surface area contributed by atoms with Gasteiger partial charge in [0.15, 0.2) is 0 Å². The summed E-state index contributed by atoms with van der Waals surface area (Å²) in [6, 6.07) is 4.53. The molecule has 0 radical (unpaired) electrons. The van der Waals surface area contributed by atoms with Crippen LogP contribution in [0.3, 0.4) is 0 Å². The average Bonchev–Trinajstić information content (AvgIpc) is 2.29. The van der Waals surface area contributed by atoms with Crippen molar-refractivity contribution in [3.05, 3.63) is 46.1 Å². The molecule has 1 aromatic heterocycles. The number of aromatic nitrogens is 2. The van der Waals surface area contributed by atoms with Gasteiger partial charge in [0.05, 0.1) is 22.1 Å². The molecule has 0 atom stereocenters. The van der Waals surface area contributed by atoms with E-state index in [4.69, 9.17) is 4.74 Å². The Balaban J connectivity index is 2.25. The summed E-state index contributed by atoms with van der Waals surface area (Å²) in [7, 11) is 0. The van der Waals surface area contributed by atoms with Crippen molar-refractivity contribution in [1.82, 2.24) is 9.97 Å². The molecule has 1 heterocycles. The first-order chi connectivity index (χ1) is 8.06. The molecule has 2 aromatic rings. The van der Waals surface area contributed by atoms with Crippen LogP contribution in [0.4, 0.5) is 4.39 Å². The van der Waals surface area contributed by atoms with Crippen LogP contribution in [0.2, 0.25) is 0 Å². The number of hydrogen-bond acceptors (Lipinski definition) is 3. The summed E-state index contributed by atoms with van der Waals surface area (Å²) >= 11 is 3.08. The first-order valence-corrected chi connectivity index (χ1v) is 5.78. The molecule has 0 aliphatic heterocycles. The SMILES string of the molecule is Cc1ncc(Oc2ccc(Br)c(F)c2)nc1C. The predicted molar refractivity (Wildman–Crippen MR) is 65.7 cm³/mol. The highest BCUT2D eigenvalue weighted by Crippen LogP contribution is 2.24. The summed E-state index contributed by atoms with van der Waals surface area (Å²) in [5.41, 5.74) is 1.64. The Labute approximate surface area is 107 Å². The van der Waals surface area contributed by atoms with Gasteiger partial charge in [0.2, 0.25) is 5.88 Å². The largest absolute Gasteiger partial charge is 0.437 e. The van der Waals surface area contributed by atoms with Crippen LogP contribution in [-0.2, 0) is 0 Å². The highest BCUT2D eigenvalue weighted by molar-refractivity contribution is 9.10. The predicted octanol–water partition coefficient (Wildman–Crippen LogP) is 3.79. The summed E-state index contributed by atoms with van der Waals surface area (Å²) in [4.78, 5) is 8.33. The average molecular weight is 297 g/mol. The molecule has 0 spiro atoms. The second-order valence-electron chi connectivity index (χ2n) is 3.56. The van der Waals surface area contributed by atoms with Crippen LogP contribution in [0.5, 0.6) is 11.6 Å². The fourth-order valence-corrected chi connectivity index (χ4v) is 1.48. The molecule has 0 unspecified atom stereocenters. The third kappa shape index (κ3) is 2.79. The van der Waals surface area contributed by atoms with Crippen molar-refractivity contribution >= 4 is 15.9 Å². The lowest BCUT2D eigenvalue weighted by molar-refractivity contribution is 0.453. The van der Waals surface area contributed by atoms with Crippen molar-refractivity contribution in [3.8, 4) is 11.6 Å². The third-order valence-corrected chi connectivity index (χ3v) is 2.93. The van der Waals surface area contributed by atoms with Crippen LogP contribution in [0.15, 0.2) is 28.9 Å². The number of benzene rings is 1. The maximum Gasteiger partial charge on any atom is 0.238 e. The van der Waals surface area contributed by atoms with Crippen molar-refractivity contribution in [2.45, 2.75) is 13.8 Å². The van der Waals surface area contributed by atoms with Gasteiger partial charge in [-0.3, -0.25) is 4.98 Å². The van der Waals surface area contributed by atoms with E-state index in [9.17, 15) is 4.39 Å². The zero-order valence-corrected chi connectivity index (χ0v) is 11.0.